The highest BCUT2D eigenvalue weighted by Crippen LogP contribution is 2.35. The van der Waals surface area contributed by atoms with E-state index in [2.05, 4.69) is 6.92 Å². The third kappa shape index (κ3) is 3.94. The number of ether oxygens (including phenoxy) is 1. The van der Waals surface area contributed by atoms with Crippen molar-refractivity contribution in [3.63, 3.8) is 0 Å². The molecule has 0 saturated carbocycles. The molecule has 0 aliphatic rings. The van der Waals surface area contributed by atoms with Crippen molar-refractivity contribution in [2.75, 3.05) is 0 Å². The van der Waals surface area contributed by atoms with Crippen LogP contribution < -0.4 is 4.74 Å². The largest absolute Gasteiger partial charge is 0.504 e. The Morgan fingerprint density at radius 2 is 1.74 bits per heavy atom. The zero-order valence-corrected chi connectivity index (χ0v) is 13.2. The first-order chi connectivity index (χ1) is 10.9. The SMILES string of the molecule is CCCCc1ccc(C)c(OC(=O)c2cc(O)c(O)c(O)c2)c1. The minimum absolute atomic E-state index is 0.0452. The van der Waals surface area contributed by atoms with Crippen LogP contribution in [0.2, 0.25) is 0 Å². The molecule has 0 radical (unpaired) electrons. The number of phenols is 3. The molecular formula is C18H20O5. The van der Waals surface area contributed by atoms with Crippen LogP contribution in [0.5, 0.6) is 23.0 Å². The molecule has 0 bridgehead atoms. The van der Waals surface area contributed by atoms with Gasteiger partial charge in [-0.1, -0.05) is 25.5 Å². The lowest BCUT2D eigenvalue weighted by Crippen LogP contribution is -2.09. The molecule has 0 unspecified atom stereocenters. The second-order valence-electron chi connectivity index (χ2n) is 5.46. The maximum absolute atomic E-state index is 12.2. The molecule has 2 aromatic carbocycles. The Bertz CT molecular complexity index is 698. The molecule has 2 rings (SSSR count). The Kier molecular flexibility index (Phi) is 5.11. The summed E-state index contributed by atoms with van der Waals surface area (Å²) < 4.78 is 5.36. The Labute approximate surface area is 134 Å². The van der Waals surface area contributed by atoms with Crippen molar-refractivity contribution in [3.8, 4) is 23.0 Å². The molecular weight excluding hydrogens is 296 g/mol. The van der Waals surface area contributed by atoms with Gasteiger partial charge in [0.15, 0.2) is 17.2 Å². The molecule has 5 heteroatoms. The van der Waals surface area contributed by atoms with Gasteiger partial charge < -0.3 is 20.1 Å². The molecule has 23 heavy (non-hydrogen) atoms. The average molecular weight is 316 g/mol. The van der Waals surface area contributed by atoms with Gasteiger partial charge in [0.1, 0.15) is 5.75 Å². The molecule has 0 fully saturated rings. The zero-order chi connectivity index (χ0) is 17.0. The van der Waals surface area contributed by atoms with E-state index in [-0.39, 0.29) is 5.56 Å². The number of aryl methyl sites for hydroxylation is 2. The summed E-state index contributed by atoms with van der Waals surface area (Å²) >= 11 is 0. The number of aromatic hydroxyl groups is 3. The third-order valence-corrected chi connectivity index (χ3v) is 3.58. The quantitative estimate of drug-likeness (QED) is 0.445. The summed E-state index contributed by atoms with van der Waals surface area (Å²) in [6, 6.07) is 7.81. The van der Waals surface area contributed by atoms with E-state index in [1.165, 1.54) is 0 Å². The highest BCUT2D eigenvalue weighted by Gasteiger charge is 2.16. The minimum atomic E-state index is -0.716. The number of rotatable bonds is 5. The molecule has 122 valence electrons. The Morgan fingerprint density at radius 3 is 2.35 bits per heavy atom. The molecule has 0 aliphatic heterocycles. The van der Waals surface area contributed by atoms with Crippen LogP contribution in [0.3, 0.4) is 0 Å². The van der Waals surface area contributed by atoms with Crippen LogP contribution in [0.25, 0.3) is 0 Å². The third-order valence-electron chi connectivity index (χ3n) is 3.58. The highest BCUT2D eigenvalue weighted by atomic mass is 16.5. The van der Waals surface area contributed by atoms with Crippen molar-refractivity contribution < 1.29 is 24.9 Å². The lowest BCUT2D eigenvalue weighted by atomic mass is 10.1. The van der Waals surface area contributed by atoms with Crippen LogP contribution in [0.15, 0.2) is 30.3 Å². The summed E-state index contributed by atoms with van der Waals surface area (Å²) in [5, 5.41) is 28.3. The summed E-state index contributed by atoms with van der Waals surface area (Å²) in [5.74, 6) is -2.10. The van der Waals surface area contributed by atoms with Crippen molar-refractivity contribution in [2.24, 2.45) is 0 Å². The maximum Gasteiger partial charge on any atom is 0.343 e. The topological polar surface area (TPSA) is 87.0 Å². The smallest absolute Gasteiger partial charge is 0.343 e. The lowest BCUT2D eigenvalue weighted by Gasteiger charge is -2.10. The van der Waals surface area contributed by atoms with Gasteiger partial charge in [-0.05, 0) is 49.1 Å². The van der Waals surface area contributed by atoms with Gasteiger partial charge in [0.2, 0.25) is 0 Å². The first kappa shape index (κ1) is 16.7. The fourth-order valence-electron chi connectivity index (χ4n) is 2.17. The predicted octanol–water partition coefficient (Wildman–Crippen LogP) is 3.67. The predicted molar refractivity (Wildman–Crippen MR) is 86.2 cm³/mol. The van der Waals surface area contributed by atoms with Gasteiger partial charge in [-0.3, -0.25) is 0 Å². The van der Waals surface area contributed by atoms with E-state index in [1.807, 2.05) is 25.1 Å². The first-order valence-corrected chi connectivity index (χ1v) is 7.49. The summed E-state index contributed by atoms with van der Waals surface area (Å²) in [6.45, 7) is 3.94. The molecule has 0 aromatic heterocycles. The van der Waals surface area contributed by atoms with Crippen molar-refractivity contribution in [2.45, 2.75) is 33.1 Å². The van der Waals surface area contributed by atoms with E-state index < -0.39 is 23.2 Å². The Hall–Kier alpha value is -2.69. The Morgan fingerprint density at radius 1 is 1.09 bits per heavy atom. The van der Waals surface area contributed by atoms with Crippen molar-refractivity contribution in [3.05, 3.63) is 47.0 Å². The van der Waals surface area contributed by atoms with Crippen LogP contribution in [-0.2, 0) is 6.42 Å². The van der Waals surface area contributed by atoms with Gasteiger partial charge in [-0.15, -0.1) is 0 Å². The van der Waals surface area contributed by atoms with E-state index in [4.69, 9.17) is 4.74 Å². The zero-order valence-electron chi connectivity index (χ0n) is 13.2. The molecule has 0 aliphatic carbocycles. The van der Waals surface area contributed by atoms with E-state index >= 15 is 0 Å². The number of hydrogen-bond acceptors (Lipinski definition) is 5. The summed E-state index contributed by atoms with van der Waals surface area (Å²) in [7, 11) is 0. The summed E-state index contributed by atoms with van der Waals surface area (Å²) in [5.41, 5.74) is 1.85. The molecule has 0 saturated heterocycles. The van der Waals surface area contributed by atoms with Gasteiger partial charge in [0, 0.05) is 0 Å². The Balaban J connectivity index is 2.23. The van der Waals surface area contributed by atoms with Gasteiger partial charge in [0.25, 0.3) is 0 Å². The van der Waals surface area contributed by atoms with Crippen molar-refractivity contribution >= 4 is 5.97 Å². The lowest BCUT2D eigenvalue weighted by molar-refractivity contribution is 0.0732. The number of phenolic OH excluding ortho intramolecular Hbond substituents is 3. The normalized spacial score (nSPS) is 10.5. The van der Waals surface area contributed by atoms with E-state index in [1.54, 1.807) is 0 Å². The fraction of sp³-hybridized carbons (Fsp3) is 0.278. The van der Waals surface area contributed by atoms with Crippen LogP contribution >= 0.6 is 0 Å². The van der Waals surface area contributed by atoms with Crippen LogP contribution in [-0.4, -0.2) is 21.3 Å². The molecule has 0 heterocycles. The number of esters is 1. The molecule has 0 amide bonds. The van der Waals surface area contributed by atoms with Gasteiger partial charge in [0.05, 0.1) is 5.56 Å². The molecule has 0 spiro atoms. The molecule has 5 nitrogen and oxygen atoms in total. The van der Waals surface area contributed by atoms with Crippen LogP contribution in [0.1, 0.15) is 41.3 Å². The van der Waals surface area contributed by atoms with Crippen molar-refractivity contribution in [1.29, 1.82) is 0 Å². The second kappa shape index (κ2) is 7.05. The summed E-state index contributed by atoms with van der Waals surface area (Å²) in [4.78, 5) is 12.2. The second-order valence-corrected chi connectivity index (χ2v) is 5.46. The van der Waals surface area contributed by atoms with Gasteiger partial charge in [-0.2, -0.15) is 0 Å². The van der Waals surface area contributed by atoms with Gasteiger partial charge in [-0.25, -0.2) is 4.79 Å². The van der Waals surface area contributed by atoms with E-state index in [0.29, 0.717) is 5.75 Å². The minimum Gasteiger partial charge on any atom is -0.504 e. The van der Waals surface area contributed by atoms with Crippen molar-refractivity contribution in [1.82, 2.24) is 0 Å². The number of unbranched alkanes of at least 4 members (excludes halogenated alkanes) is 1. The maximum atomic E-state index is 12.2. The highest BCUT2D eigenvalue weighted by molar-refractivity contribution is 5.92. The van der Waals surface area contributed by atoms with Crippen LogP contribution in [0.4, 0.5) is 0 Å². The van der Waals surface area contributed by atoms with E-state index in [0.717, 1.165) is 42.5 Å². The first-order valence-electron chi connectivity index (χ1n) is 7.49. The monoisotopic (exact) mass is 316 g/mol. The number of hydrogen-bond donors (Lipinski definition) is 3. The number of carbonyl (C=O) groups is 1. The van der Waals surface area contributed by atoms with Gasteiger partial charge >= 0.3 is 5.97 Å². The van der Waals surface area contributed by atoms with E-state index in [9.17, 15) is 20.1 Å². The summed E-state index contributed by atoms with van der Waals surface area (Å²) in [6.07, 6.45) is 3.04. The standard InChI is InChI=1S/C18H20O5/c1-3-4-5-12-7-6-11(2)16(8-12)23-18(22)13-9-14(19)17(21)15(20)10-13/h6-10,19-21H,3-5H2,1-2H3. The number of benzene rings is 2. The average Bonchev–Trinajstić information content (AvgIpc) is 2.52. The fourth-order valence-corrected chi connectivity index (χ4v) is 2.17. The molecule has 2 aromatic rings. The molecule has 3 N–H and O–H groups in total. The van der Waals surface area contributed by atoms with Crippen LogP contribution in [0, 0.1) is 6.92 Å². The number of carbonyl (C=O) groups excluding carboxylic acids is 1. The molecule has 0 atom stereocenters.